The van der Waals surface area contributed by atoms with E-state index in [1.54, 1.807) is 0 Å². The highest BCUT2D eigenvalue weighted by atomic mass is 16.5. The number of rotatable bonds is 10. The van der Waals surface area contributed by atoms with Gasteiger partial charge in [0.2, 0.25) is 0 Å². The summed E-state index contributed by atoms with van der Waals surface area (Å²) in [6.07, 6.45) is 5.21. The molecule has 0 saturated heterocycles. The fourth-order valence-electron chi connectivity index (χ4n) is 3.35. The molecule has 1 saturated carbocycles. The maximum Gasteiger partial charge on any atom is 0.168 e. The van der Waals surface area contributed by atoms with Gasteiger partial charge in [0.05, 0.1) is 18.8 Å². The third-order valence-electron chi connectivity index (χ3n) is 4.75. The minimum atomic E-state index is 0.0262. The van der Waals surface area contributed by atoms with Crippen molar-refractivity contribution in [3.63, 3.8) is 0 Å². The second-order valence-electron chi connectivity index (χ2n) is 6.93. The van der Waals surface area contributed by atoms with Gasteiger partial charge >= 0.3 is 0 Å². The normalized spacial score (nSPS) is 17.7. The van der Waals surface area contributed by atoms with Crippen LogP contribution in [-0.4, -0.2) is 36.4 Å². The van der Waals surface area contributed by atoms with Crippen molar-refractivity contribution >= 4 is 11.5 Å². The molecule has 0 atom stereocenters. The first-order valence-electron chi connectivity index (χ1n) is 10.5. The summed E-state index contributed by atoms with van der Waals surface area (Å²) in [5, 5.41) is 10.4. The van der Waals surface area contributed by atoms with Crippen molar-refractivity contribution in [2.45, 2.75) is 65.7 Å². The van der Waals surface area contributed by atoms with E-state index in [-0.39, 0.29) is 11.5 Å². The number of hydrogen-bond donors (Lipinski definition) is 1. The van der Waals surface area contributed by atoms with Gasteiger partial charge in [-0.25, -0.2) is 0 Å². The molecule has 5 nitrogen and oxygen atoms in total. The number of unbranched alkanes of at least 4 members (excludes halogenated alkanes) is 1. The van der Waals surface area contributed by atoms with Crippen LogP contribution in [0.2, 0.25) is 0 Å². The Bertz CT molecular complexity index is 721. The van der Waals surface area contributed by atoms with Crippen LogP contribution in [0.15, 0.2) is 34.5 Å². The second-order valence-corrected chi connectivity index (χ2v) is 6.93. The summed E-state index contributed by atoms with van der Waals surface area (Å²) >= 11 is 0. The van der Waals surface area contributed by atoms with Crippen LogP contribution in [0.4, 0.5) is 0 Å². The number of aliphatic hydroxyl groups excluding tert-OH is 1. The number of carbonyl (C=O) groups excluding carboxylic acids is 1. The number of ether oxygens (including phenoxy) is 2. The van der Waals surface area contributed by atoms with E-state index >= 15 is 0 Å². The van der Waals surface area contributed by atoms with Crippen LogP contribution in [-0.2, 0) is 11.2 Å². The lowest BCUT2D eigenvalue weighted by molar-refractivity contribution is -0.115. The number of aliphatic imine (C=N–C) groups is 1. The summed E-state index contributed by atoms with van der Waals surface area (Å²) < 4.78 is 11.3. The Morgan fingerprint density at radius 1 is 1.11 bits per heavy atom. The molecule has 1 aromatic carbocycles. The molecule has 1 fully saturated rings. The first-order valence-corrected chi connectivity index (χ1v) is 10.5. The summed E-state index contributed by atoms with van der Waals surface area (Å²) in [4.78, 5) is 17.0. The molecule has 2 rings (SSSR count). The zero-order valence-electron chi connectivity index (χ0n) is 17.4. The van der Waals surface area contributed by atoms with Gasteiger partial charge in [-0.3, -0.25) is 9.79 Å². The second kappa shape index (κ2) is 11.5. The molecule has 0 spiro atoms. The standard InChI is InChI=1S/C23H33NO4/c1-4-7-10-19(25)23-18(9-8-11-20(23)26)24-15-14-17-12-13-21(27-5-2)22(16-17)28-6-3/h12-13,16,25H,4-11,14-15H2,1-3H3/b23-19+,24-18?. The number of benzene rings is 1. The molecule has 1 aromatic rings. The lowest BCUT2D eigenvalue weighted by Gasteiger charge is -2.18. The third kappa shape index (κ3) is 6.11. The van der Waals surface area contributed by atoms with Crippen molar-refractivity contribution < 1.29 is 19.4 Å². The minimum absolute atomic E-state index is 0.0262. The van der Waals surface area contributed by atoms with E-state index in [1.807, 2.05) is 32.0 Å². The lowest BCUT2D eigenvalue weighted by Crippen LogP contribution is -2.22. The predicted octanol–water partition coefficient (Wildman–Crippen LogP) is 5.22. The van der Waals surface area contributed by atoms with Gasteiger partial charge in [0, 0.05) is 25.1 Å². The Hall–Kier alpha value is -2.30. The third-order valence-corrected chi connectivity index (χ3v) is 4.75. The average Bonchev–Trinajstić information content (AvgIpc) is 2.68. The van der Waals surface area contributed by atoms with Crippen molar-refractivity contribution in [3.8, 4) is 11.5 Å². The number of ketones is 1. The monoisotopic (exact) mass is 387 g/mol. The van der Waals surface area contributed by atoms with Gasteiger partial charge in [0.25, 0.3) is 0 Å². The van der Waals surface area contributed by atoms with E-state index in [2.05, 4.69) is 11.9 Å². The maximum absolute atomic E-state index is 12.3. The van der Waals surface area contributed by atoms with Gasteiger partial charge in [0.15, 0.2) is 17.3 Å². The SMILES string of the molecule is CCCC/C(O)=C1\C(=O)CCCC1=NCCc1ccc(OCC)c(OCC)c1. The van der Waals surface area contributed by atoms with Crippen LogP contribution in [0.25, 0.3) is 0 Å². The molecule has 1 aliphatic rings. The number of Topliss-reactive ketones (excluding diaryl/α,β-unsaturated/α-hetero) is 1. The highest BCUT2D eigenvalue weighted by Gasteiger charge is 2.24. The number of carbonyl (C=O) groups is 1. The molecule has 0 bridgehead atoms. The number of hydrogen-bond acceptors (Lipinski definition) is 5. The van der Waals surface area contributed by atoms with E-state index in [0.717, 1.165) is 54.9 Å². The van der Waals surface area contributed by atoms with Crippen molar-refractivity contribution in [1.82, 2.24) is 0 Å². The quantitative estimate of drug-likeness (QED) is 0.441. The van der Waals surface area contributed by atoms with Gasteiger partial charge in [-0.1, -0.05) is 19.4 Å². The molecular formula is C23H33NO4. The van der Waals surface area contributed by atoms with E-state index in [4.69, 9.17) is 9.47 Å². The molecule has 28 heavy (non-hydrogen) atoms. The molecule has 5 heteroatoms. The Kier molecular flexibility index (Phi) is 9.05. The number of aliphatic hydroxyl groups is 1. The summed E-state index contributed by atoms with van der Waals surface area (Å²) in [7, 11) is 0. The van der Waals surface area contributed by atoms with Crippen LogP contribution in [0.3, 0.4) is 0 Å². The van der Waals surface area contributed by atoms with E-state index in [1.165, 1.54) is 0 Å². The molecule has 0 amide bonds. The number of nitrogens with zero attached hydrogens (tertiary/aromatic N) is 1. The highest BCUT2D eigenvalue weighted by molar-refractivity contribution is 6.24. The van der Waals surface area contributed by atoms with Crippen molar-refractivity contribution in [2.75, 3.05) is 19.8 Å². The first kappa shape index (κ1) is 22.0. The molecule has 0 aliphatic heterocycles. The molecule has 154 valence electrons. The van der Waals surface area contributed by atoms with E-state index < -0.39 is 0 Å². The van der Waals surface area contributed by atoms with Crippen LogP contribution in [0, 0.1) is 0 Å². The first-order chi connectivity index (χ1) is 13.6. The molecule has 0 aromatic heterocycles. The summed E-state index contributed by atoms with van der Waals surface area (Å²) in [6.45, 7) is 7.73. The van der Waals surface area contributed by atoms with Crippen LogP contribution < -0.4 is 9.47 Å². The molecule has 0 radical (unpaired) electrons. The van der Waals surface area contributed by atoms with Crippen molar-refractivity contribution in [1.29, 1.82) is 0 Å². The fourth-order valence-corrected chi connectivity index (χ4v) is 3.35. The van der Waals surface area contributed by atoms with E-state index in [0.29, 0.717) is 38.2 Å². The Morgan fingerprint density at radius 2 is 1.86 bits per heavy atom. The lowest BCUT2D eigenvalue weighted by atomic mass is 9.89. The fraction of sp³-hybridized carbons (Fsp3) is 0.565. The summed E-state index contributed by atoms with van der Waals surface area (Å²) in [5.74, 6) is 1.74. The van der Waals surface area contributed by atoms with Crippen molar-refractivity contribution in [3.05, 3.63) is 35.1 Å². The van der Waals surface area contributed by atoms with Gasteiger partial charge in [-0.15, -0.1) is 0 Å². The molecule has 0 heterocycles. The molecule has 1 N–H and O–H groups in total. The largest absolute Gasteiger partial charge is 0.511 e. The zero-order chi connectivity index (χ0) is 20.4. The van der Waals surface area contributed by atoms with Gasteiger partial charge in [-0.2, -0.15) is 0 Å². The van der Waals surface area contributed by atoms with Gasteiger partial charge in [-0.05, 0) is 57.2 Å². The Balaban J connectivity index is 2.11. The smallest absolute Gasteiger partial charge is 0.168 e. The molecule has 1 aliphatic carbocycles. The highest BCUT2D eigenvalue weighted by Crippen LogP contribution is 2.29. The topological polar surface area (TPSA) is 68.1 Å². The predicted molar refractivity (Wildman–Crippen MR) is 113 cm³/mol. The van der Waals surface area contributed by atoms with E-state index in [9.17, 15) is 9.90 Å². The average molecular weight is 388 g/mol. The Morgan fingerprint density at radius 3 is 2.57 bits per heavy atom. The van der Waals surface area contributed by atoms with Crippen LogP contribution >= 0.6 is 0 Å². The van der Waals surface area contributed by atoms with Gasteiger partial charge in [0.1, 0.15) is 5.76 Å². The Labute approximate surface area is 168 Å². The molecular weight excluding hydrogens is 354 g/mol. The summed E-state index contributed by atoms with van der Waals surface area (Å²) in [5.41, 5.74) is 2.35. The van der Waals surface area contributed by atoms with Crippen LogP contribution in [0.5, 0.6) is 11.5 Å². The molecule has 0 unspecified atom stereocenters. The maximum atomic E-state index is 12.3. The number of allylic oxidation sites excluding steroid dienone is 2. The van der Waals surface area contributed by atoms with Gasteiger partial charge < -0.3 is 14.6 Å². The van der Waals surface area contributed by atoms with Crippen molar-refractivity contribution in [2.24, 2.45) is 4.99 Å². The van der Waals surface area contributed by atoms with Crippen LogP contribution in [0.1, 0.15) is 64.9 Å². The summed E-state index contributed by atoms with van der Waals surface area (Å²) in [6, 6.07) is 5.95. The minimum Gasteiger partial charge on any atom is -0.511 e. The zero-order valence-corrected chi connectivity index (χ0v) is 17.4.